The van der Waals surface area contributed by atoms with Gasteiger partial charge in [-0.05, 0) is 26.8 Å². The number of carbonyl (C=O) groups excluding carboxylic acids is 1. The number of rotatable bonds is 1. The summed E-state index contributed by atoms with van der Waals surface area (Å²) < 4.78 is 5.01. The molecule has 15 heavy (non-hydrogen) atoms. The lowest BCUT2D eigenvalue weighted by Crippen LogP contribution is -2.27. The predicted molar refractivity (Wildman–Crippen MR) is 56.9 cm³/mol. The van der Waals surface area contributed by atoms with E-state index in [1.807, 2.05) is 0 Å². The summed E-state index contributed by atoms with van der Waals surface area (Å²) in [6, 6.07) is 1.52. The number of ether oxygens (including phenoxy) is 1. The van der Waals surface area contributed by atoms with Gasteiger partial charge in [-0.2, -0.15) is 0 Å². The van der Waals surface area contributed by atoms with Gasteiger partial charge >= 0.3 is 6.09 Å². The second-order valence-electron chi connectivity index (χ2n) is 3.83. The maximum absolute atomic E-state index is 11.3. The van der Waals surface area contributed by atoms with E-state index in [9.17, 15) is 4.79 Å². The third-order valence-electron chi connectivity index (χ3n) is 1.23. The zero-order chi connectivity index (χ0) is 11.5. The first kappa shape index (κ1) is 11.7. The van der Waals surface area contributed by atoms with Crippen LogP contribution in [0.4, 0.5) is 10.7 Å². The molecule has 6 heteroatoms. The first-order chi connectivity index (χ1) is 6.87. The Bertz CT molecular complexity index is 363. The van der Waals surface area contributed by atoms with Crippen molar-refractivity contribution in [1.29, 1.82) is 0 Å². The summed E-state index contributed by atoms with van der Waals surface area (Å²) in [4.78, 5) is 18.9. The number of hydrogen-bond acceptors (Lipinski definition) is 4. The Morgan fingerprint density at radius 3 is 2.73 bits per heavy atom. The Morgan fingerprint density at radius 2 is 2.20 bits per heavy atom. The number of nitrogens with zero attached hydrogens (tertiary/aromatic N) is 2. The normalized spacial score (nSPS) is 10.9. The molecule has 1 amide bonds. The smallest absolute Gasteiger partial charge is 0.414 e. The molecule has 1 aromatic rings. The molecule has 0 fully saturated rings. The first-order valence-electron chi connectivity index (χ1n) is 4.35. The van der Waals surface area contributed by atoms with Crippen LogP contribution in [0.3, 0.4) is 0 Å². The fourth-order valence-electron chi connectivity index (χ4n) is 0.792. The largest absolute Gasteiger partial charge is 0.444 e. The molecule has 1 rings (SSSR count). The third kappa shape index (κ3) is 4.60. The summed E-state index contributed by atoms with van der Waals surface area (Å²) in [5.41, 5.74) is -0.553. The molecular formula is C9H12ClN3O2. The average Bonchev–Trinajstić information content (AvgIpc) is 1.99. The topological polar surface area (TPSA) is 64.1 Å². The summed E-state index contributed by atoms with van der Waals surface area (Å²) in [6.45, 7) is 5.31. The maximum atomic E-state index is 11.3. The predicted octanol–water partition coefficient (Wildman–Crippen LogP) is 2.48. The molecule has 5 nitrogen and oxygen atoms in total. The minimum absolute atomic E-state index is 0.122. The quantitative estimate of drug-likeness (QED) is 0.752. The van der Waals surface area contributed by atoms with Crippen molar-refractivity contribution in [2.45, 2.75) is 26.4 Å². The number of anilines is 1. The van der Waals surface area contributed by atoms with E-state index in [0.717, 1.165) is 0 Å². The Balaban J connectivity index is 2.59. The van der Waals surface area contributed by atoms with E-state index < -0.39 is 11.7 Å². The summed E-state index contributed by atoms with van der Waals surface area (Å²) >= 11 is 5.62. The highest BCUT2D eigenvalue weighted by Gasteiger charge is 2.16. The lowest BCUT2D eigenvalue weighted by molar-refractivity contribution is 0.0634. The van der Waals surface area contributed by atoms with Gasteiger partial charge in [0.25, 0.3) is 0 Å². The van der Waals surface area contributed by atoms with E-state index in [4.69, 9.17) is 16.3 Å². The van der Waals surface area contributed by atoms with Crippen LogP contribution in [0, 0.1) is 0 Å². The van der Waals surface area contributed by atoms with Crippen molar-refractivity contribution in [2.24, 2.45) is 0 Å². The Hall–Kier alpha value is -1.36. The summed E-state index contributed by atoms with van der Waals surface area (Å²) in [5, 5.41) is 2.63. The highest BCUT2D eigenvalue weighted by Crippen LogP contribution is 2.10. The number of carbonyl (C=O) groups is 1. The van der Waals surface area contributed by atoms with Crippen molar-refractivity contribution in [3.8, 4) is 0 Å². The van der Waals surface area contributed by atoms with Gasteiger partial charge in [0.15, 0.2) is 0 Å². The van der Waals surface area contributed by atoms with Gasteiger partial charge in [-0.3, -0.25) is 5.32 Å². The van der Waals surface area contributed by atoms with E-state index >= 15 is 0 Å². The monoisotopic (exact) mass is 229 g/mol. The number of hydrogen-bond donors (Lipinski definition) is 1. The number of amides is 1. The highest BCUT2D eigenvalue weighted by molar-refractivity contribution is 6.29. The molecule has 82 valence electrons. The molecule has 0 saturated carbocycles. The molecule has 0 aliphatic carbocycles. The molecule has 0 spiro atoms. The van der Waals surface area contributed by atoms with Gasteiger partial charge in [-0.25, -0.2) is 14.8 Å². The van der Waals surface area contributed by atoms with Crippen LogP contribution in [0.1, 0.15) is 20.8 Å². The highest BCUT2D eigenvalue weighted by atomic mass is 35.5. The fourth-order valence-corrected chi connectivity index (χ4v) is 0.928. The number of halogens is 1. The number of nitrogens with one attached hydrogen (secondary N) is 1. The van der Waals surface area contributed by atoms with E-state index in [-0.39, 0.29) is 11.1 Å². The van der Waals surface area contributed by atoms with Crippen LogP contribution in [0.5, 0.6) is 0 Å². The summed E-state index contributed by atoms with van der Waals surface area (Å²) in [7, 11) is 0. The SMILES string of the molecule is CC(C)(C)OC(=O)Nc1nccc(Cl)n1. The lowest BCUT2D eigenvalue weighted by atomic mass is 10.2. The Labute approximate surface area is 92.8 Å². The van der Waals surface area contributed by atoms with E-state index in [2.05, 4.69) is 15.3 Å². The minimum atomic E-state index is -0.607. The van der Waals surface area contributed by atoms with Crippen molar-refractivity contribution in [1.82, 2.24) is 9.97 Å². The molecule has 0 bridgehead atoms. The molecular weight excluding hydrogens is 218 g/mol. The molecule has 0 saturated heterocycles. The molecule has 0 radical (unpaired) electrons. The van der Waals surface area contributed by atoms with Crippen molar-refractivity contribution in [3.05, 3.63) is 17.4 Å². The third-order valence-corrected chi connectivity index (χ3v) is 1.44. The first-order valence-corrected chi connectivity index (χ1v) is 4.73. The van der Waals surface area contributed by atoms with E-state index in [1.54, 1.807) is 20.8 Å². The molecule has 1 N–H and O–H groups in total. The zero-order valence-corrected chi connectivity index (χ0v) is 9.50. The van der Waals surface area contributed by atoms with Gasteiger partial charge in [-0.15, -0.1) is 0 Å². The van der Waals surface area contributed by atoms with Crippen LogP contribution in [-0.2, 0) is 4.74 Å². The van der Waals surface area contributed by atoms with E-state index in [1.165, 1.54) is 12.3 Å². The van der Waals surface area contributed by atoms with Gasteiger partial charge < -0.3 is 4.74 Å². The Kier molecular flexibility index (Phi) is 3.47. The van der Waals surface area contributed by atoms with Gasteiger partial charge in [0.2, 0.25) is 5.95 Å². The Morgan fingerprint density at radius 1 is 1.53 bits per heavy atom. The molecule has 0 atom stereocenters. The van der Waals surface area contributed by atoms with E-state index in [0.29, 0.717) is 0 Å². The fraction of sp³-hybridized carbons (Fsp3) is 0.444. The molecule has 1 heterocycles. The van der Waals surface area contributed by atoms with Gasteiger partial charge in [-0.1, -0.05) is 11.6 Å². The average molecular weight is 230 g/mol. The standard InChI is InChI=1S/C9H12ClN3O2/c1-9(2,3)15-8(14)13-7-11-5-4-6(10)12-7/h4-5H,1-3H3,(H,11,12,13,14). The maximum Gasteiger partial charge on any atom is 0.414 e. The van der Waals surface area contributed by atoms with Crippen LogP contribution in [-0.4, -0.2) is 21.7 Å². The second-order valence-corrected chi connectivity index (χ2v) is 4.22. The van der Waals surface area contributed by atoms with Crippen LogP contribution in [0.25, 0.3) is 0 Å². The summed E-state index contributed by atoms with van der Waals surface area (Å²) in [6.07, 6.45) is 0.840. The molecule has 0 aliphatic heterocycles. The molecule has 0 aromatic carbocycles. The zero-order valence-electron chi connectivity index (χ0n) is 8.74. The van der Waals surface area contributed by atoms with Crippen LogP contribution in [0.15, 0.2) is 12.3 Å². The molecule has 0 aliphatic rings. The van der Waals surface area contributed by atoms with Crippen molar-refractivity contribution >= 4 is 23.6 Å². The van der Waals surface area contributed by atoms with Crippen LogP contribution < -0.4 is 5.32 Å². The minimum Gasteiger partial charge on any atom is -0.444 e. The summed E-state index contributed by atoms with van der Waals surface area (Å²) in [5.74, 6) is 0.122. The van der Waals surface area contributed by atoms with Gasteiger partial charge in [0.05, 0.1) is 0 Å². The molecule has 0 unspecified atom stereocenters. The second kappa shape index (κ2) is 4.44. The van der Waals surface area contributed by atoms with Gasteiger partial charge in [0, 0.05) is 6.20 Å². The van der Waals surface area contributed by atoms with Crippen molar-refractivity contribution in [2.75, 3.05) is 5.32 Å². The van der Waals surface area contributed by atoms with Crippen LogP contribution in [0.2, 0.25) is 5.15 Å². The van der Waals surface area contributed by atoms with Gasteiger partial charge in [0.1, 0.15) is 10.8 Å². The molecule has 1 aromatic heterocycles. The number of aromatic nitrogens is 2. The van der Waals surface area contributed by atoms with Crippen molar-refractivity contribution in [3.63, 3.8) is 0 Å². The lowest BCUT2D eigenvalue weighted by Gasteiger charge is -2.19. The van der Waals surface area contributed by atoms with Crippen molar-refractivity contribution < 1.29 is 9.53 Å². The van der Waals surface area contributed by atoms with Crippen LogP contribution >= 0.6 is 11.6 Å².